The molecular formula is C9H16NO2. The summed E-state index contributed by atoms with van der Waals surface area (Å²) in [5.41, 5.74) is 0. The van der Waals surface area contributed by atoms with E-state index in [0.29, 0.717) is 13.0 Å². The first-order chi connectivity index (χ1) is 5.83. The molecule has 0 saturated carbocycles. The van der Waals surface area contributed by atoms with Crippen LogP contribution >= 0.6 is 0 Å². The smallest absolute Gasteiger partial charge is 0.307 e. The largest absolute Gasteiger partial charge is 0.466 e. The van der Waals surface area contributed by atoms with Gasteiger partial charge < -0.3 is 4.74 Å². The van der Waals surface area contributed by atoms with Crippen LogP contribution in [0, 0.1) is 0 Å². The first-order valence-corrected chi connectivity index (χ1v) is 4.65. The van der Waals surface area contributed by atoms with Gasteiger partial charge in [0.15, 0.2) is 0 Å². The van der Waals surface area contributed by atoms with Gasteiger partial charge in [0.2, 0.25) is 0 Å². The number of hydrogen-bond donors (Lipinski definition) is 0. The summed E-state index contributed by atoms with van der Waals surface area (Å²) in [6.07, 6.45) is 3.92. The van der Waals surface area contributed by atoms with Gasteiger partial charge in [-0.3, -0.25) is 4.79 Å². The summed E-state index contributed by atoms with van der Waals surface area (Å²) in [5.74, 6) is -0.104. The lowest BCUT2D eigenvalue weighted by Crippen LogP contribution is -2.30. The van der Waals surface area contributed by atoms with E-state index in [0.717, 1.165) is 13.0 Å². The topological polar surface area (TPSA) is 40.4 Å². The fourth-order valence-corrected chi connectivity index (χ4v) is 1.44. The average molecular weight is 170 g/mol. The Morgan fingerprint density at radius 1 is 1.58 bits per heavy atom. The predicted octanol–water partition coefficient (Wildman–Crippen LogP) is 1.10. The number of carbonyl (C=O) groups excluding carboxylic acids is 1. The second kappa shape index (κ2) is 5.14. The number of hydrogen-bond acceptors (Lipinski definition) is 2. The van der Waals surface area contributed by atoms with Crippen LogP contribution in [0.25, 0.3) is 0 Å². The third-order valence-electron chi connectivity index (χ3n) is 2.04. The second-order valence-corrected chi connectivity index (χ2v) is 3.06. The van der Waals surface area contributed by atoms with Crippen molar-refractivity contribution in [3.63, 3.8) is 0 Å². The van der Waals surface area contributed by atoms with Crippen LogP contribution in [0.5, 0.6) is 0 Å². The molecule has 0 aliphatic carbocycles. The van der Waals surface area contributed by atoms with Crippen LogP contribution in [0.1, 0.15) is 32.6 Å². The highest BCUT2D eigenvalue weighted by atomic mass is 16.5. The van der Waals surface area contributed by atoms with Gasteiger partial charge >= 0.3 is 5.97 Å². The molecule has 0 N–H and O–H groups in total. The van der Waals surface area contributed by atoms with Crippen molar-refractivity contribution in [1.29, 1.82) is 0 Å². The van der Waals surface area contributed by atoms with Crippen LogP contribution in [0.3, 0.4) is 0 Å². The predicted molar refractivity (Wildman–Crippen MR) is 45.9 cm³/mol. The summed E-state index contributed by atoms with van der Waals surface area (Å²) in [6, 6.07) is 0.234. The average Bonchev–Trinajstić information content (AvgIpc) is 2.06. The third kappa shape index (κ3) is 3.22. The van der Waals surface area contributed by atoms with E-state index in [1.165, 1.54) is 12.8 Å². The Morgan fingerprint density at radius 2 is 2.42 bits per heavy atom. The standard InChI is InChI=1S/C9H16NO2/c1-2-12-9(11)7-8-5-3-4-6-10-8/h8H,2-7H2,1H3. The maximum Gasteiger partial charge on any atom is 0.307 e. The fraction of sp³-hybridized carbons (Fsp3) is 0.889. The van der Waals surface area contributed by atoms with Gasteiger partial charge in [0.1, 0.15) is 0 Å². The molecule has 1 heterocycles. The highest BCUT2D eigenvalue weighted by molar-refractivity contribution is 5.70. The zero-order chi connectivity index (χ0) is 8.81. The van der Waals surface area contributed by atoms with Crippen LogP contribution in [0.2, 0.25) is 0 Å². The minimum absolute atomic E-state index is 0.104. The monoisotopic (exact) mass is 170 g/mol. The SMILES string of the molecule is CCOC(=O)CC1CCCC[N]1. The zero-order valence-corrected chi connectivity index (χ0v) is 7.58. The van der Waals surface area contributed by atoms with E-state index in [1.807, 2.05) is 6.92 Å². The molecule has 0 bridgehead atoms. The Morgan fingerprint density at radius 3 is 3.00 bits per heavy atom. The Bertz CT molecular complexity index is 141. The highest BCUT2D eigenvalue weighted by Gasteiger charge is 2.17. The van der Waals surface area contributed by atoms with Crippen molar-refractivity contribution >= 4 is 5.97 Å². The van der Waals surface area contributed by atoms with E-state index in [4.69, 9.17) is 4.74 Å². The molecule has 12 heavy (non-hydrogen) atoms. The Labute approximate surface area is 73.5 Å². The number of piperidine rings is 1. The minimum atomic E-state index is -0.104. The normalized spacial score (nSPS) is 23.6. The lowest BCUT2D eigenvalue weighted by Gasteiger charge is -2.20. The number of nitrogens with zero attached hydrogens (tertiary/aromatic N) is 1. The van der Waals surface area contributed by atoms with E-state index in [-0.39, 0.29) is 12.0 Å². The van der Waals surface area contributed by atoms with Crippen molar-refractivity contribution in [2.45, 2.75) is 38.6 Å². The Kier molecular flexibility index (Phi) is 4.08. The summed E-state index contributed by atoms with van der Waals surface area (Å²) in [5, 5.41) is 4.35. The number of rotatable bonds is 3. The lowest BCUT2D eigenvalue weighted by atomic mass is 10.0. The molecule has 1 rings (SSSR count). The summed E-state index contributed by atoms with van der Waals surface area (Å²) >= 11 is 0. The Hall–Kier alpha value is -0.570. The molecule has 3 nitrogen and oxygen atoms in total. The van der Waals surface area contributed by atoms with Gasteiger partial charge in [-0.2, -0.15) is 0 Å². The molecule has 1 aliphatic heterocycles. The second-order valence-electron chi connectivity index (χ2n) is 3.06. The number of carbonyl (C=O) groups is 1. The molecule has 69 valence electrons. The van der Waals surface area contributed by atoms with Crippen LogP contribution in [0.4, 0.5) is 0 Å². The van der Waals surface area contributed by atoms with Crippen molar-refractivity contribution in [2.24, 2.45) is 0 Å². The molecule has 0 aromatic heterocycles. The summed E-state index contributed by atoms with van der Waals surface area (Å²) in [7, 11) is 0. The van der Waals surface area contributed by atoms with Crippen molar-refractivity contribution in [3.05, 3.63) is 0 Å². The van der Waals surface area contributed by atoms with Crippen LogP contribution in [-0.4, -0.2) is 25.2 Å². The molecular weight excluding hydrogens is 154 g/mol. The lowest BCUT2D eigenvalue weighted by molar-refractivity contribution is -0.143. The van der Waals surface area contributed by atoms with E-state index in [1.54, 1.807) is 0 Å². The fourth-order valence-electron chi connectivity index (χ4n) is 1.44. The van der Waals surface area contributed by atoms with Gasteiger partial charge in [-0.25, -0.2) is 5.32 Å². The molecule has 0 aromatic rings. The van der Waals surface area contributed by atoms with Crippen molar-refractivity contribution < 1.29 is 9.53 Å². The number of esters is 1. The van der Waals surface area contributed by atoms with E-state index >= 15 is 0 Å². The maximum absolute atomic E-state index is 11.0. The maximum atomic E-state index is 11.0. The van der Waals surface area contributed by atoms with E-state index < -0.39 is 0 Å². The van der Waals surface area contributed by atoms with Crippen LogP contribution in [0.15, 0.2) is 0 Å². The first-order valence-electron chi connectivity index (χ1n) is 4.65. The molecule has 0 aromatic carbocycles. The van der Waals surface area contributed by atoms with E-state index in [9.17, 15) is 4.79 Å². The van der Waals surface area contributed by atoms with Crippen LogP contribution < -0.4 is 5.32 Å². The van der Waals surface area contributed by atoms with Crippen LogP contribution in [-0.2, 0) is 9.53 Å². The van der Waals surface area contributed by atoms with Gasteiger partial charge in [0, 0.05) is 12.6 Å². The van der Waals surface area contributed by atoms with Gasteiger partial charge in [0.25, 0.3) is 0 Å². The third-order valence-corrected chi connectivity index (χ3v) is 2.04. The molecule has 1 fully saturated rings. The molecule has 0 amide bonds. The summed E-state index contributed by atoms with van der Waals surface area (Å²) in [6.45, 7) is 3.23. The molecule has 1 saturated heterocycles. The zero-order valence-electron chi connectivity index (χ0n) is 7.58. The number of ether oxygens (including phenoxy) is 1. The van der Waals surface area contributed by atoms with Gasteiger partial charge in [-0.1, -0.05) is 6.42 Å². The van der Waals surface area contributed by atoms with Gasteiger partial charge in [0.05, 0.1) is 13.0 Å². The molecule has 1 radical (unpaired) electrons. The first kappa shape index (κ1) is 9.52. The van der Waals surface area contributed by atoms with E-state index in [2.05, 4.69) is 5.32 Å². The molecule has 1 atom stereocenters. The van der Waals surface area contributed by atoms with Crippen molar-refractivity contribution in [3.8, 4) is 0 Å². The van der Waals surface area contributed by atoms with Gasteiger partial charge in [-0.05, 0) is 19.8 Å². The van der Waals surface area contributed by atoms with Crippen molar-refractivity contribution in [2.75, 3.05) is 13.2 Å². The molecule has 3 heteroatoms. The minimum Gasteiger partial charge on any atom is -0.466 e. The van der Waals surface area contributed by atoms with Crippen molar-refractivity contribution in [1.82, 2.24) is 5.32 Å². The summed E-state index contributed by atoms with van der Waals surface area (Å²) < 4.78 is 4.85. The quantitative estimate of drug-likeness (QED) is 0.595. The molecule has 1 unspecified atom stereocenters. The summed E-state index contributed by atoms with van der Waals surface area (Å²) in [4.78, 5) is 11.0. The Balaban J connectivity index is 2.15. The van der Waals surface area contributed by atoms with Gasteiger partial charge in [-0.15, -0.1) is 0 Å². The molecule has 1 aliphatic rings. The molecule has 0 spiro atoms. The highest BCUT2D eigenvalue weighted by Crippen LogP contribution is 2.11.